The Labute approximate surface area is 129 Å². The molecule has 0 radical (unpaired) electrons. The molecule has 6 heteroatoms. The van der Waals surface area contributed by atoms with Gasteiger partial charge in [-0.15, -0.1) is 11.3 Å². The third-order valence-corrected chi connectivity index (χ3v) is 4.23. The Bertz CT molecular complexity index is 600. The molecular formula is C15H22N4OS. The molecule has 0 amide bonds. The van der Waals surface area contributed by atoms with Gasteiger partial charge in [0.15, 0.2) is 11.7 Å². The predicted octanol–water partition coefficient (Wildman–Crippen LogP) is 3.03. The molecule has 0 fully saturated rings. The molecule has 2 rings (SSSR count). The van der Waals surface area contributed by atoms with Crippen LogP contribution in [0, 0.1) is 6.92 Å². The first-order valence-corrected chi connectivity index (χ1v) is 7.91. The van der Waals surface area contributed by atoms with Gasteiger partial charge in [0.2, 0.25) is 0 Å². The molecule has 114 valence electrons. The Morgan fingerprint density at radius 1 is 1.38 bits per heavy atom. The van der Waals surface area contributed by atoms with Gasteiger partial charge in [-0.05, 0) is 29.9 Å². The molecule has 2 heterocycles. The van der Waals surface area contributed by atoms with Crippen molar-refractivity contribution in [2.75, 3.05) is 7.05 Å². The molecule has 0 saturated heterocycles. The van der Waals surface area contributed by atoms with Gasteiger partial charge in [0.05, 0.1) is 18.8 Å². The highest BCUT2D eigenvalue weighted by Gasteiger charge is 2.08. The van der Waals surface area contributed by atoms with Crippen LogP contribution in [0.25, 0.3) is 0 Å². The zero-order chi connectivity index (χ0) is 15.2. The lowest BCUT2D eigenvalue weighted by molar-refractivity contribution is 0.372. The molecule has 2 aromatic rings. The highest BCUT2D eigenvalue weighted by molar-refractivity contribution is 7.10. The van der Waals surface area contributed by atoms with Gasteiger partial charge >= 0.3 is 0 Å². The van der Waals surface area contributed by atoms with Gasteiger partial charge in [0, 0.05) is 18.0 Å². The molecule has 0 aromatic carbocycles. The Hall–Kier alpha value is -1.82. The normalized spacial score (nSPS) is 12.0. The summed E-state index contributed by atoms with van der Waals surface area (Å²) in [6.07, 6.45) is 0. The summed E-state index contributed by atoms with van der Waals surface area (Å²) >= 11 is 1.75. The van der Waals surface area contributed by atoms with Gasteiger partial charge in [-0.3, -0.25) is 4.99 Å². The summed E-state index contributed by atoms with van der Waals surface area (Å²) < 4.78 is 5.30. The van der Waals surface area contributed by atoms with Gasteiger partial charge in [-0.25, -0.2) is 0 Å². The van der Waals surface area contributed by atoms with E-state index < -0.39 is 0 Å². The van der Waals surface area contributed by atoms with Crippen molar-refractivity contribution < 1.29 is 4.52 Å². The third kappa shape index (κ3) is 4.32. The van der Waals surface area contributed by atoms with E-state index >= 15 is 0 Å². The minimum Gasteiger partial charge on any atom is -0.359 e. The molecule has 0 atom stereocenters. The minimum atomic E-state index is 0.377. The maximum atomic E-state index is 5.30. The second-order valence-corrected chi connectivity index (χ2v) is 6.18. The zero-order valence-electron chi connectivity index (χ0n) is 12.9. The summed E-state index contributed by atoms with van der Waals surface area (Å²) in [5.74, 6) is 1.95. The predicted molar refractivity (Wildman–Crippen MR) is 86.7 cm³/mol. The van der Waals surface area contributed by atoms with Crippen molar-refractivity contribution in [3.05, 3.63) is 39.4 Å². The summed E-state index contributed by atoms with van der Waals surface area (Å²) in [4.78, 5) is 5.53. The molecule has 0 spiro atoms. The highest BCUT2D eigenvalue weighted by atomic mass is 32.1. The molecule has 2 N–H and O–H groups in total. The van der Waals surface area contributed by atoms with E-state index in [1.807, 2.05) is 6.07 Å². The Kier molecular flexibility index (Phi) is 5.38. The summed E-state index contributed by atoms with van der Waals surface area (Å²) in [6.45, 7) is 7.66. The number of aromatic nitrogens is 1. The zero-order valence-corrected chi connectivity index (χ0v) is 13.8. The van der Waals surface area contributed by atoms with Crippen molar-refractivity contribution in [2.24, 2.45) is 4.99 Å². The number of nitrogens with one attached hydrogen (secondary N) is 2. The minimum absolute atomic E-state index is 0.377. The van der Waals surface area contributed by atoms with E-state index in [0.29, 0.717) is 12.5 Å². The van der Waals surface area contributed by atoms with E-state index in [-0.39, 0.29) is 0 Å². The third-order valence-electron chi connectivity index (χ3n) is 3.21. The lowest BCUT2D eigenvalue weighted by Gasteiger charge is -2.10. The van der Waals surface area contributed by atoms with Crippen LogP contribution in [0.15, 0.2) is 27.0 Å². The number of hydrogen-bond donors (Lipinski definition) is 2. The van der Waals surface area contributed by atoms with Gasteiger partial charge in [0.25, 0.3) is 0 Å². The first-order chi connectivity index (χ1) is 10.1. The fraction of sp³-hybridized carbons (Fsp3) is 0.467. The van der Waals surface area contributed by atoms with Crippen molar-refractivity contribution in [3.63, 3.8) is 0 Å². The van der Waals surface area contributed by atoms with Crippen LogP contribution in [0.3, 0.4) is 0 Å². The maximum absolute atomic E-state index is 5.30. The van der Waals surface area contributed by atoms with E-state index in [0.717, 1.165) is 24.0 Å². The van der Waals surface area contributed by atoms with Gasteiger partial charge < -0.3 is 15.2 Å². The number of guanidine groups is 1. The average Bonchev–Trinajstić information content (AvgIpc) is 3.08. The molecule has 5 nitrogen and oxygen atoms in total. The quantitative estimate of drug-likeness (QED) is 0.658. The lowest BCUT2D eigenvalue weighted by Crippen LogP contribution is -2.36. The van der Waals surface area contributed by atoms with Crippen LogP contribution in [-0.2, 0) is 13.1 Å². The van der Waals surface area contributed by atoms with E-state index in [2.05, 4.69) is 53.0 Å². The van der Waals surface area contributed by atoms with Crippen LogP contribution in [0.1, 0.15) is 41.7 Å². The SMILES string of the molecule is CN=C(NCc1cc(C(C)C)no1)NCc1sccc1C. The van der Waals surface area contributed by atoms with E-state index in [1.165, 1.54) is 10.4 Å². The summed E-state index contributed by atoms with van der Waals surface area (Å²) in [6, 6.07) is 4.11. The maximum Gasteiger partial charge on any atom is 0.191 e. The average molecular weight is 306 g/mol. The van der Waals surface area contributed by atoms with Gasteiger partial charge in [-0.2, -0.15) is 0 Å². The standard InChI is InChI=1S/C15H22N4OS/c1-10(2)13-7-12(20-19-13)8-17-15(16-4)18-9-14-11(3)5-6-21-14/h5-7,10H,8-9H2,1-4H3,(H2,16,17,18). The van der Waals surface area contributed by atoms with Crippen LogP contribution in [-0.4, -0.2) is 18.2 Å². The molecule has 0 aliphatic heterocycles. The second-order valence-electron chi connectivity index (χ2n) is 5.18. The number of thiophene rings is 1. The van der Waals surface area contributed by atoms with Crippen LogP contribution in [0.5, 0.6) is 0 Å². The first kappa shape index (κ1) is 15.6. The monoisotopic (exact) mass is 306 g/mol. The number of rotatable bonds is 5. The number of hydrogen-bond acceptors (Lipinski definition) is 4. The molecule has 2 aromatic heterocycles. The van der Waals surface area contributed by atoms with Crippen LogP contribution < -0.4 is 10.6 Å². The fourth-order valence-electron chi connectivity index (χ4n) is 1.83. The van der Waals surface area contributed by atoms with Crippen LogP contribution >= 0.6 is 11.3 Å². The number of nitrogens with zero attached hydrogens (tertiary/aromatic N) is 2. The Morgan fingerprint density at radius 3 is 2.71 bits per heavy atom. The summed E-state index contributed by atoms with van der Waals surface area (Å²) in [5.41, 5.74) is 2.28. The van der Waals surface area contributed by atoms with Gasteiger partial charge in [-0.1, -0.05) is 19.0 Å². The van der Waals surface area contributed by atoms with E-state index in [4.69, 9.17) is 4.52 Å². The molecule has 0 bridgehead atoms. The fourth-order valence-corrected chi connectivity index (χ4v) is 2.67. The lowest BCUT2D eigenvalue weighted by atomic mass is 10.1. The topological polar surface area (TPSA) is 62.5 Å². The van der Waals surface area contributed by atoms with Crippen molar-refractivity contribution in [1.29, 1.82) is 0 Å². The Balaban J connectivity index is 1.83. The van der Waals surface area contributed by atoms with E-state index in [9.17, 15) is 0 Å². The molecule has 0 aliphatic carbocycles. The van der Waals surface area contributed by atoms with Crippen molar-refractivity contribution in [3.8, 4) is 0 Å². The second kappa shape index (κ2) is 7.26. The van der Waals surface area contributed by atoms with Crippen LogP contribution in [0.4, 0.5) is 0 Å². The Morgan fingerprint density at radius 2 is 2.14 bits per heavy atom. The van der Waals surface area contributed by atoms with Gasteiger partial charge in [0.1, 0.15) is 0 Å². The molecule has 0 aliphatic rings. The van der Waals surface area contributed by atoms with Crippen molar-refractivity contribution >= 4 is 17.3 Å². The largest absolute Gasteiger partial charge is 0.359 e. The summed E-state index contributed by atoms with van der Waals surface area (Å²) in [5, 5.41) is 12.7. The van der Waals surface area contributed by atoms with Crippen molar-refractivity contribution in [2.45, 2.75) is 39.8 Å². The smallest absolute Gasteiger partial charge is 0.191 e. The molecule has 21 heavy (non-hydrogen) atoms. The van der Waals surface area contributed by atoms with Crippen molar-refractivity contribution in [1.82, 2.24) is 15.8 Å². The van der Waals surface area contributed by atoms with Crippen LogP contribution in [0.2, 0.25) is 0 Å². The number of aryl methyl sites for hydroxylation is 1. The molecule has 0 unspecified atom stereocenters. The molecule has 0 saturated carbocycles. The first-order valence-electron chi connectivity index (χ1n) is 7.03. The summed E-state index contributed by atoms with van der Waals surface area (Å²) in [7, 11) is 1.76. The highest BCUT2D eigenvalue weighted by Crippen LogP contribution is 2.15. The van der Waals surface area contributed by atoms with E-state index in [1.54, 1.807) is 18.4 Å². The molecular weight excluding hydrogens is 284 g/mol. The number of aliphatic imine (C=N–C) groups is 1.